The van der Waals surface area contributed by atoms with Crippen molar-refractivity contribution in [1.82, 2.24) is 20.4 Å². The second-order valence-electron chi connectivity index (χ2n) is 5.16. The van der Waals surface area contributed by atoms with Gasteiger partial charge in [0.25, 0.3) is 5.89 Å². The summed E-state index contributed by atoms with van der Waals surface area (Å²) in [6.07, 6.45) is 3.81. The number of hydrogen-bond donors (Lipinski definition) is 1. The number of thiophene rings is 1. The first kappa shape index (κ1) is 13.7. The molecule has 1 aliphatic rings. The van der Waals surface area contributed by atoms with E-state index >= 15 is 0 Å². The van der Waals surface area contributed by atoms with Gasteiger partial charge in [0.2, 0.25) is 5.89 Å². The molecule has 1 atom stereocenters. The van der Waals surface area contributed by atoms with E-state index in [1.165, 1.54) is 19.3 Å². The number of nitrogens with one attached hydrogen (secondary N) is 1. The topological polar surface area (TPSA) is 54.2 Å². The molecule has 0 radical (unpaired) electrons. The van der Waals surface area contributed by atoms with Crippen molar-refractivity contribution in [2.24, 2.45) is 0 Å². The third-order valence-corrected chi connectivity index (χ3v) is 4.58. The Labute approximate surface area is 123 Å². The summed E-state index contributed by atoms with van der Waals surface area (Å²) < 4.78 is 5.78. The van der Waals surface area contributed by atoms with Crippen molar-refractivity contribution < 1.29 is 4.42 Å². The molecule has 0 spiro atoms. The lowest BCUT2D eigenvalue weighted by Crippen LogP contribution is -2.44. The minimum atomic E-state index is 0.575. The summed E-state index contributed by atoms with van der Waals surface area (Å²) >= 11 is 1.62. The maximum absolute atomic E-state index is 5.78. The minimum Gasteiger partial charge on any atom is -0.419 e. The Hall–Kier alpha value is -1.24. The van der Waals surface area contributed by atoms with Gasteiger partial charge in [0, 0.05) is 12.6 Å². The van der Waals surface area contributed by atoms with Crippen molar-refractivity contribution in [2.45, 2.75) is 31.8 Å². The van der Waals surface area contributed by atoms with Crippen LogP contribution >= 0.6 is 11.3 Å². The van der Waals surface area contributed by atoms with Crippen LogP contribution in [0.1, 0.15) is 25.2 Å². The third kappa shape index (κ3) is 3.08. The van der Waals surface area contributed by atoms with Crippen LogP contribution in [0.4, 0.5) is 0 Å². The van der Waals surface area contributed by atoms with Gasteiger partial charge in [-0.05, 0) is 37.9 Å². The average molecular weight is 292 g/mol. The van der Waals surface area contributed by atoms with Crippen LogP contribution in [-0.2, 0) is 6.54 Å². The first-order valence-corrected chi connectivity index (χ1v) is 7.99. The van der Waals surface area contributed by atoms with Crippen LogP contribution < -0.4 is 5.32 Å². The smallest absolute Gasteiger partial charge is 0.257 e. The van der Waals surface area contributed by atoms with E-state index in [1.54, 1.807) is 11.3 Å². The molecule has 1 fully saturated rings. The van der Waals surface area contributed by atoms with Crippen molar-refractivity contribution in [3.63, 3.8) is 0 Å². The summed E-state index contributed by atoms with van der Waals surface area (Å²) in [6.45, 7) is 2.89. The summed E-state index contributed by atoms with van der Waals surface area (Å²) in [4.78, 5) is 3.49. The predicted octanol–water partition coefficient (Wildman–Crippen LogP) is 2.37. The Morgan fingerprint density at radius 1 is 1.45 bits per heavy atom. The summed E-state index contributed by atoms with van der Waals surface area (Å²) in [7, 11) is 2.01. The first-order valence-electron chi connectivity index (χ1n) is 7.11. The van der Waals surface area contributed by atoms with E-state index in [4.69, 9.17) is 4.42 Å². The quantitative estimate of drug-likeness (QED) is 0.917. The number of piperidine rings is 1. The number of likely N-dealkylation sites (tertiary alicyclic amines) is 1. The summed E-state index contributed by atoms with van der Waals surface area (Å²) in [5.41, 5.74) is 0. The largest absolute Gasteiger partial charge is 0.419 e. The molecule has 5 nitrogen and oxygen atoms in total. The maximum Gasteiger partial charge on any atom is 0.257 e. The molecule has 3 heterocycles. The lowest BCUT2D eigenvalue weighted by Gasteiger charge is -2.34. The van der Waals surface area contributed by atoms with Gasteiger partial charge in [-0.25, -0.2) is 0 Å². The van der Waals surface area contributed by atoms with E-state index in [1.807, 2.05) is 24.6 Å². The molecule has 1 N–H and O–H groups in total. The Balaban J connectivity index is 1.67. The van der Waals surface area contributed by atoms with E-state index in [0.29, 0.717) is 11.9 Å². The van der Waals surface area contributed by atoms with Crippen molar-refractivity contribution in [2.75, 3.05) is 20.1 Å². The van der Waals surface area contributed by atoms with Gasteiger partial charge in [-0.15, -0.1) is 21.5 Å². The molecular weight excluding hydrogens is 272 g/mol. The average Bonchev–Trinajstić information content (AvgIpc) is 3.12. The second-order valence-corrected chi connectivity index (χ2v) is 6.10. The van der Waals surface area contributed by atoms with E-state index < -0.39 is 0 Å². The highest BCUT2D eigenvalue weighted by Gasteiger charge is 2.23. The Bertz CT molecular complexity index is 523. The molecular formula is C14H20N4OS. The van der Waals surface area contributed by atoms with Gasteiger partial charge in [-0.2, -0.15) is 0 Å². The molecule has 0 aromatic carbocycles. The Kier molecular flexibility index (Phi) is 4.44. The molecule has 2 aromatic rings. The van der Waals surface area contributed by atoms with Crippen molar-refractivity contribution >= 4 is 11.3 Å². The summed E-state index contributed by atoms with van der Waals surface area (Å²) in [5, 5.41) is 13.6. The fourth-order valence-electron chi connectivity index (χ4n) is 2.73. The highest BCUT2D eigenvalue weighted by molar-refractivity contribution is 7.13. The van der Waals surface area contributed by atoms with Gasteiger partial charge < -0.3 is 9.73 Å². The van der Waals surface area contributed by atoms with E-state index in [0.717, 1.165) is 30.4 Å². The third-order valence-electron chi connectivity index (χ3n) is 3.73. The molecule has 0 saturated carbocycles. The second kappa shape index (κ2) is 6.47. The number of aromatic nitrogens is 2. The van der Waals surface area contributed by atoms with Gasteiger partial charge in [0.15, 0.2) is 0 Å². The number of nitrogens with zero attached hydrogens (tertiary/aromatic N) is 3. The molecule has 0 bridgehead atoms. The predicted molar refractivity (Wildman–Crippen MR) is 79.6 cm³/mol. The molecule has 6 heteroatoms. The zero-order chi connectivity index (χ0) is 13.8. The number of hydrogen-bond acceptors (Lipinski definition) is 6. The van der Waals surface area contributed by atoms with Crippen LogP contribution in [0.25, 0.3) is 10.8 Å². The van der Waals surface area contributed by atoms with Crippen molar-refractivity contribution in [1.29, 1.82) is 0 Å². The normalized spacial score (nSPS) is 20.4. The van der Waals surface area contributed by atoms with Crippen LogP contribution in [0.3, 0.4) is 0 Å². The van der Waals surface area contributed by atoms with Gasteiger partial charge in [0.1, 0.15) is 0 Å². The maximum atomic E-state index is 5.78. The monoisotopic (exact) mass is 292 g/mol. The molecule has 0 amide bonds. The van der Waals surface area contributed by atoms with E-state index in [2.05, 4.69) is 20.4 Å². The molecule has 108 valence electrons. The van der Waals surface area contributed by atoms with Crippen molar-refractivity contribution in [3.05, 3.63) is 23.4 Å². The standard InChI is InChI=1S/C14H20N4OS/c1-15-9-11-5-2-3-7-18(11)10-13-16-17-14(19-13)12-6-4-8-20-12/h4,6,8,11,15H,2-3,5,7,9-10H2,1H3. The van der Waals surface area contributed by atoms with E-state index in [-0.39, 0.29) is 0 Å². The SMILES string of the molecule is CNCC1CCCCN1Cc1nnc(-c2cccs2)o1. The van der Waals surface area contributed by atoms with Gasteiger partial charge >= 0.3 is 0 Å². The summed E-state index contributed by atoms with van der Waals surface area (Å²) in [5.74, 6) is 1.36. The van der Waals surface area contributed by atoms with E-state index in [9.17, 15) is 0 Å². The lowest BCUT2D eigenvalue weighted by molar-refractivity contribution is 0.127. The van der Waals surface area contributed by atoms with Crippen molar-refractivity contribution in [3.8, 4) is 10.8 Å². The molecule has 0 aliphatic carbocycles. The molecule has 1 saturated heterocycles. The Morgan fingerprint density at radius 3 is 3.20 bits per heavy atom. The molecule has 20 heavy (non-hydrogen) atoms. The van der Waals surface area contributed by atoms with Crippen LogP contribution in [-0.4, -0.2) is 41.3 Å². The van der Waals surface area contributed by atoms with Crippen LogP contribution in [0, 0.1) is 0 Å². The highest BCUT2D eigenvalue weighted by Crippen LogP contribution is 2.24. The highest BCUT2D eigenvalue weighted by atomic mass is 32.1. The molecule has 1 unspecified atom stereocenters. The zero-order valence-corrected chi connectivity index (χ0v) is 12.5. The number of rotatable bonds is 5. The Morgan fingerprint density at radius 2 is 2.40 bits per heavy atom. The molecule has 1 aliphatic heterocycles. The van der Waals surface area contributed by atoms with Crippen LogP contribution in [0.5, 0.6) is 0 Å². The first-order chi connectivity index (χ1) is 9.86. The number of likely N-dealkylation sites (N-methyl/N-ethyl adjacent to an activating group) is 1. The van der Waals surface area contributed by atoms with Crippen LogP contribution in [0.2, 0.25) is 0 Å². The van der Waals surface area contributed by atoms with Gasteiger partial charge in [-0.3, -0.25) is 4.90 Å². The van der Waals surface area contributed by atoms with Gasteiger partial charge in [-0.1, -0.05) is 12.5 Å². The van der Waals surface area contributed by atoms with Crippen LogP contribution in [0.15, 0.2) is 21.9 Å². The summed E-state index contributed by atoms with van der Waals surface area (Å²) in [6, 6.07) is 4.58. The fraction of sp³-hybridized carbons (Fsp3) is 0.571. The molecule has 2 aromatic heterocycles. The molecule has 3 rings (SSSR count). The lowest BCUT2D eigenvalue weighted by atomic mass is 10.0. The fourth-order valence-corrected chi connectivity index (χ4v) is 3.37. The minimum absolute atomic E-state index is 0.575. The zero-order valence-electron chi connectivity index (χ0n) is 11.7. The van der Waals surface area contributed by atoms with Gasteiger partial charge in [0.05, 0.1) is 11.4 Å².